The van der Waals surface area contributed by atoms with E-state index in [-0.39, 0.29) is 99.3 Å². The number of rotatable bonds is 10. The molecule has 39 heavy (non-hydrogen) atoms. The molecule has 2 aromatic rings. The van der Waals surface area contributed by atoms with Gasteiger partial charge in [0.2, 0.25) is 0 Å². The SMILES string of the molecule is CO/N=C(/C(=O)N[C@@H]1C(=O)N2C(C(=O)[O-])=C(CSc3nc(C)c(CC(=O)[O-])s3)CSC12)c1csc(N)n1.[Na+].[Na+]. The molecule has 0 aliphatic carbocycles. The maximum atomic E-state index is 12.9. The number of carboxylic acids is 2. The molecule has 2 aromatic heterocycles. The molecule has 0 aromatic carbocycles. The average Bonchev–Trinajstić information content (AvgIpc) is 3.42. The summed E-state index contributed by atoms with van der Waals surface area (Å²) in [6, 6.07) is -0.993. The fourth-order valence-corrected chi connectivity index (χ4v) is 7.84. The molecule has 196 valence electrons. The van der Waals surface area contributed by atoms with Gasteiger partial charge in [-0.05, 0) is 12.5 Å². The second-order valence-corrected chi connectivity index (χ2v) is 11.9. The van der Waals surface area contributed by atoms with Gasteiger partial charge in [-0.3, -0.25) is 14.5 Å². The number of nitrogen functional groups attached to an aromatic ring is 1. The average molecular weight is 629 g/mol. The largest absolute Gasteiger partial charge is 1.00 e. The topological polar surface area (TPSA) is 203 Å². The van der Waals surface area contributed by atoms with Gasteiger partial charge in [-0.2, -0.15) is 0 Å². The molecule has 0 bridgehead atoms. The Hall–Kier alpha value is -1.15. The van der Waals surface area contributed by atoms with Crippen LogP contribution in [0, 0.1) is 6.92 Å². The summed E-state index contributed by atoms with van der Waals surface area (Å²) in [5.74, 6) is -3.58. The van der Waals surface area contributed by atoms with Crippen molar-refractivity contribution in [3.05, 3.63) is 32.9 Å². The Kier molecular flexibility index (Phi) is 12.8. The van der Waals surface area contributed by atoms with Crippen LogP contribution in [0.25, 0.3) is 0 Å². The van der Waals surface area contributed by atoms with E-state index in [1.165, 1.54) is 47.4 Å². The molecule has 2 aliphatic heterocycles. The van der Waals surface area contributed by atoms with Crippen molar-refractivity contribution in [1.82, 2.24) is 20.2 Å². The number of carboxylic acid groups (broad SMARTS) is 2. The maximum Gasteiger partial charge on any atom is 1.00 e. The van der Waals surface area contributed by atoms with Crippen molar-refractivity contribution in [3.8, 4) is 0 Å². The predicted molar refractivity (Wildman–Crippen MR) is 133 cm³/mol. The number of nitrogens with two attached hydrogens (primary N) is 1. The minimum absolute atomic E-state index is 0. The van der Waals surface area contributed by atoms with Gasteiger partial charge >= 0.3 is 59.1 Å². The molecule has 0 radical (unpaired) electrons. The van der Waals surface area contributed by atoms with Crippen LogP contribution in [0.2, 0.25) is 0 Å². The van der Waals surface area contributed by atoms with Crippen LogP contribution in [-0.4, -0.2) is 74.4 Å². The predicted octanol–water partition coefficient (Wildman–Crippen LogP) is -7.66. The molecular formula is C20H18N6Na2O7S4. The number of amides is 2. The van der Waals surface area contributed by atoms with Crippen LogP contribution in [0.1, 0.15) is 16.3 Å². The fourth-order valence-electron chi connectivity index (χ4n) is 3.59. The minimum atomic E-state index is -1.51. The number of hydrogen-bond acceptors (Lipinski definition) is 15. The quantitative estimate of drug-likeness (QED) is 0.0829. The smallest absolute Gasteiger partial charge is 0.550 e. The summed E-state index contributed by atoms with van der Waals surface area (Å²) < 4.78 is 0.568. The van der Waals surface area contributed by atoms with E-state index in [0.717, 1.165) is 16.2 Å². The van der Waals surface area contributed by atoms with Crippen LogP contribution < -0.4 is 80.4 Å². The van der Waals surface area contributed by atoms with Crippen molar-refractivity contribution in [1.29, 1.82) is 0 Å². The molecule has 1 fully saturated rings. The third-order valence-corrected chi connectivity index (χ3v) is 9.64. The molecule has 3 N–H and O–H groups in total. The van der Waals surface area contributed by atoms with E-state index < -0.39 is 35.2 Å². The van der Waals surface area contributed by atoms with E-state index >= 15 is 0 Å². The number of carbonyl (C=O) groups excluding carboxylic acids is 4. The van der Waals surface area contributed by atoms with Gasteiger partial charge in [0.1, 0.15) is 24.2 Å². The number of carbonyl (C=O) groups is 4. The third-order valence-electron chi connectivity index (χ3n) is 5.24. The molecule has 19 heteroatoms. The van der Waals surface area contributed by atoms with Gasteiger partial charge in [0.25, 0.3) is 11.8 Å². The van der Waals surface area contributed by atoms with Crippen LogP contribution >= 0.6 is 46.2 Å². The number of nitrogens with one attached hydrogen (secondary N) is 1. The van der Waals surface area contributed by atoms with Crippen LogP contribution in [0.5, 0.6) is 0 Å². The summed E-state index contributed by atoms with van der Waals surface area (Å²) in [7, 11) is 1.25. The number of aliphatic carboxylic acids is 2. The summed E-state index contributed by atoms with van der Waals surface area (Å²) in [5, 5.41) is 30.2. The van der Waals surface area contributed by atoms with Crippen molar-refractivity contribution < 1.29 is 93.3 Å². The van der Waals surface area contributed by atoms with Gasteiger partial charge < -0.3 is 35.7 Å². The first-order valence-corrected chi connectivity index (χ1v) is 14.1. The summed E-state index contributed by atoms with van der Waals surface area (Å²) in [6.45, 7) is 1.69. The van der Waals surface area contributed by atoms with Gasteiger partial charge in [0.05, 0.1) is 17.4 Å². The first-order chi connectivity index (χ1) is 17.6. The molecule has 0 saturated carbocycles. The van der Waals surface area contributed by atoms with Gasteiger partial charge in [0.15, 0.2) is 15.2 Å². The first-order valence-electron chi connectivity index (χ1n) is 10.4. The molecule has 13 nitrogen and oxygen atoms in total. The van der Waals surface area contributed by atoms with Gasteiger partial charge in [-0.1, -0.05) is 16.9 Å². The first kappa shape index (κ1) is 34.1. The van der Waals surface area contributed by atoms with E-state index in [4.69, 9.17) is 10.6 Å². The molecule has 2 atom stereocenters. The number of β-lactam (4-membered cyclic amide) rings is 1. The molecule has 1 saturated heterocycles. The Balaban J connectivity index is 0.00000267. The van der Waals surface area contributed by atoms with Crippen molar-refractivity contribution in [2.75, 3.05) is 24.3 Å². The maximum absolute atomic E-state index is 12.9. The molecule has 4 rings (SSSR count). The Labute approximate surface area is 283 Å². The van der Waals surface area contributed by atoms with E-state index in [1.807, 2.05) is 0 Å². The Morgan fingerprint density at radius 1 is 1.31 bits per heavy atom. The van der Waals surface area contributed by atoms with E-state index in [0.29, 0.717) is 20.5 Å². The van der Waals surface area contributed by atoms with Crippen molar-refractivity contribution in [2.45, 2.75) is 29.1 Å². The second-order valence-electron chi connectivity index (χ2n) is 7.62. The second kappa shape index (κ2) is 14.7. The number of hydrogen-bond donors (Lipinski definition) is 2. The number of nitrogens with zero attached hydrogens (tertiary/aromatic N) is 4. The molecule has 0 spiro atoms. The van der Waals surface area contributed by atoms with Crippen LogP contribution in [0.3, 0.4) is 0 Å². The van der Waals surface area contributed by atoms with Gasteiger partial charge in [0, 0.05) is 34.2 Å². The summed E-state index contributed by atoms with van der Waals surface area (Å²) in [4.78, 5) is 63.4. The number of anilines is 1. The standard InChI is InChI=1S/C20H20N6O7S4.2Na/c1-7-10(3-11(27)28)37-20(22-7)36-5-8-4-34-17-13(16(30)26(17)14(8)18(31)32)24-15(29)12(25-33-2)9-6-35-19(21)23-9;;/h6,13,17H,3-5H2,1-2H3,(H2,21,23)(H,24,29)(H,27,28)(H,31,32);;/q;2*+1/p-2/b25-12+;;/t13-,17?;;/m1../s1. The number of aryl methyl sites for hydroxylation is 1. The van der Waals surface area contributed by atoms with E-state index in [2.05, 4.69) is 20.4 Å². The Morgan fingerprint density at radius 3 is 2.62 bits per heavy atom. The van der Waals surface area contributed by atoms with Crippen LogP contribution in [-0.2, 0) is 30.4 Å². The van der Waals surface area contributed by atoms with Crippen molar-refractivity contribution in [2.24, 2.45) is 5.16 Å². The molecule has 2 aliphatic rings. The summed E-state index contributed by atoms with van der Waals surface area (Å²) >= 11 is 4.83. The zero-order valence-electron chi connectivity index (χ0n) is 21.2. The number of fused-ring (bicyclic) bond motifs is 1. The zero-order valence-corrected chi connectivity index (χ0v) is 28.5. The Morgan fingerprint density at radius 2 is 2.03 bits per heavy atom. The number of aromatic nitrogens is 2. The minimum Gasteiger partial charge on any atom is -0.550 e. The van der Waals surface area contributed by atoms with E-state index in [9.17, 15) is 29.4 Å². The van der Waals surface area contributed by atoms with E-state index in [1.54, 1.807) is 6.92 Å². The van der Waals surface area contributed by atoms with Gasteiger partial charge in [-0.15, -0.1) is 34.4 Å². The number of oxime groups is 1. The van der Waals surface area contributed by atoms with Crippen molar-refractivity contribution in [3.63, 3.8) is 0 Å². The molecule has 4 heterocycles. The van der Waals surface area contributed by atoms with Gasteiger partial charge in [-0.25, -0.2) is 9.97 Å². The number of thioether (sulfide) groups is 2. The van der Waals surface area contributed by atoms with Crippen LogP contribution in [0.4, 0.5) is 5.13 Å². The monoisotopic (exact) mass is 628 g/mol. The van der Waals surface area contributed by atoms with Crippen molar-refractivity contribution >= 4 is 80.8 Å². The molecule has 1 unspecified atom stereocenters. The molecule has 2 amide bonds. The normalized spacial score (nSPS) is 18.4. The number of thiazole rings is 2. The third kappa shape index (κ3) is 7.58. The summed E-state index contributed by atoms with van der Waals surface area (Å²) in [5.41, 5.74) is 6.41. The zero-order chi connectivity index (χ0) is 26.9. The summed E-state index contributed by atoms with van der Waals surface area (Å²) in [6.07, 6.45) is -0.253. The van der Waals surface area contributed by atoms with Crippen LogP contribution in [0.15, 0.2) is 26.1 Å². The Bertz CT molecular complexity index is 1350. The molecular weight excluding hydrogens is 611 g/mol. The fraction of sp³-hybridized carbons (Fsp3) is 0.350.